The van der Waals surface area contributed by atoms with Crippen molar-refractivity contribution >= 4 is 34.8 Å². The molecular formula is C26H18Cl2N4O3. The van der Waals surface area contributed by atoms with E-state index < -0.39 is 5.97 Å². The number of hydrogen-bond acceptors (Lipinski definition) is 5. The fourth-order valence-corrected chi connectivity index (χ4v) is 4.10. The Hall–Kier alpha value is -3.94. The molecule has 0 bridgehead atoms. The van der Waals surface area contributed by atoms with E-state index in [-0.39, 0.29) is 12.2 Å². The molecule has 0 radical (unpaired) electrons. The Balaban J connectivity index is 1.65. The van der Waals surface area contributed by atoms with Crippen LogP contribution in [-0.2, 0) is 11.3 Å². The van der Waals surface area contributed by atoms with Crippen molar-refractivity contribution < 1.29 is 9.53 Å². The Morgan fingerprint density at radius 2 is 1.49 bits per heavy atom. The highest BCUT2D eigenvalue weighted by Gasteiger charge is 2.19. The van der Waals surface area contributed by atoms with E-state index in [0.717, 1.165) is 27.8 Å². The highest BCUT2D eigenvalue weighted by Crippen LogP contribution is 2.35. The number of fused-ring (bicyclic) bond motifs is 1. The van der Waals surface area contributed by atoms with Crippen LogP contribution in [0.5, 0.6) is 0 Å². The topological polar surface area (TPSA) is 78.5 Å². The summed E-state index contributed by atoms with van der Waals surface area (Å²) in [6.45, 7) is 0.208. The number of esters is 1. The molecule has 0 spiro atoms. The van der Waals surface area contributed by atoms with Crippen LogP contribution in [0.25, 0.3) is 27.9 Å². The zero-order chi connectivity index (χ0) is 24.5. The molecule has 0 aliphatic heterocycles. The van der Waals surface area contributed by atoms with Gasteiger partial charge in [-0.3, -0.25) is 0 Å². The van der Waals surface area contributed by atoms with Crippen LogP contribution in [0.15, 0.2) is 83.8 Å². The predicted molar refractivity (Wildman–Crippen MR) is 135 cm³/mol. The number of ether oxygens (including phenoxy) is 1. The first-order valence-corrected chi connectivity index (χ1v) is 11.4. The van der Waals surface area contributed by atoms with E-state index in [1.165, 1.54) is 16.3 Å². The summed E-state index contributed by atoms with van der Waals surface area (Å²) in [4.78, 5) is 24.9. The molecule has 2 heterocycles. The van der Waals surface area contributed by atoms with Gasteiger partial charge in [-0.2, -0.15) is 9.61 Å². The fraction of sp³-hybridized carbons (Fsp3) is 0.0769. The number of methoxy groups -OCH3 is 1. The molecule has 35 heavy (non-hydrogen) atoms. The van der Waals surface area contributed by atoms with Gasteiger partial charge in [-0.1, -0.05) is 59.6 Å². The molecule has 0 N–H and O–H groups in total. The maximum Gasteiger partial charge on any atom is 0.367 e. The molecule has 5 rings (SSSR count). The lowest BCUT2D eigenvalue weighted by Gasteiger charge is -2.11. The van der Waals surface area contributed by atoms with E-state index in [2.05, 4.69) is 10.2 Å². The highest BCUT2D eigenvalue weighted by atomic mass is 35.5. The molecule has 2 aromatic heterocycles. The number of hydrogen-bond donors (Lipinski definition) is 0. The molecule has 0 fully saturated rings. The molecule has 0 saturated heterocycles. The van der Waals surface area contributed by atoms with E-state index in [4.69, 9.17) is 27.9 Å². The third kappa shape index (κ3) is 4.43. The number of carbonyl (C=O) groups excluding carboxylic acids is 1. The molecule has 174 valence electrons. The predicted octanol–water partition coefficient (Wildman–Crippen LogP) is 5.37. The van der Waals surface area contributed by atoms with Crippen molar-refractivity contribution in [1.82, 2.24) is 19.4 Å². The van der Waals surface area contributed by atoms with Crippen molar-refractivity contribution in [3.8, 4) is 22.3 Å². The summed E-state index contributed by atoms with van der Waals surface area (Å²) in [5.41, 5.74) is 4.53. The minimum absolute atomic E-state index is 0.208. The summed E-state index contributed by atoms with van der Waals surface area (Å²) < 4.78 is 7.37. The van der Waals surface area contributed by atoms with E-state index in [9.17, 15) is 9.59 Å². The molecule has 0 aliphatic rings. The van der Waals surface area contributed by atoms with Crippen molar-refractivity contribution in [2.75, 3.05) is 7.11 Å². The average molecular weight is 505 g/mol. The molecule has 3 aromatic carbocycles. The lowest BCUT2D eigenvalue weighted by atomic mass is 9.97. The summed E-state index contributed by atoms with van der Waals surface area (Å²) >= 11 is 12.2. The van der Waals surface area contributed by atoms with Gasteiger partial charge >= 0.3 is 11.7 Å². The van der Waals surface area contributed by atoms with Crippen LogP contribution in [0.3, 0.4) is 0 Å². The van der Waals surface area contributed by atoms with Crippen LogP contribution in [-0.4, -0.2) is 32.5 Å². The Labute approximate surface area is 210 Å². The van der Waals surface area contributed by atoms with Crippen LogP contribution >= 0.6 is 23.2 Å². The number of nitrogens with zero attached hydrogens (tertiary/aromatic N) is 4. The van der Waals surface area contributed by atoms with Gasteiger partial charge in [-0.15, -0.1) is 5.10 Å². The number of halogens is 2. The number of carbonyl (C=O) groups is 1. The zero-order valence-electron chi connectivity index (χ0n) is 18.5. The Kier molecular flexibility index (Phi) is 6.11. The van der Waals surface area contributed by atoms with E-state index >= 15 is 0 Å². The maximum absolute atomic E-state index is 13.2. The Morgan fingerprint density at radius 1 is 0.886 bits per heavy atom. The second-order valence-corrected chi connectivity index (χ2v) is 8.68. The average Bonchev–Trinajstić information content (AvgIpc) is 3.19. The molecule has 0 aliphatic carbocycles. The minimum atomic E-state index is -0.423. The highest BCUT2D eigenvalue weighted by molar-refractivity contribution is 6.31. The van der Waals surface area contributed by atoms with Crippen LogP contribution < -0.4 is 5.69 Å². The molecule has 5 aromatic rings. The number of aromatic nitrogens is 4. The van der Waals surface area contributed by atoms with Crippen molar-refractivity contribution in [2.45, 2.75) is 6.54 Å². The lowest BCUT2D eigenvalue weighted by Crippen LogP contribution is -2.23. The summed E-state index contributed by atoms with van der Waals surface area (Å²) in [7, 11) is 1.33. The Morgan fingerprint density at radius 3 is 2.09 bits per heavy atom. The van der Waals surface area contributed by atoms with E-state index in [1.807, 2.05) is 24.3 Å². The largest absolute Gasteiger partial charge is 0.465 e. The van der Waals surface area contributed by atoms with Gasteiger partial charge in [0.05, 0.1) is 25.4 Å². The zero-order valence-corrected chi connectivity index (χ0v) is 20.0. The van der Waals surface area contributed by atoms with Crippen LogP contribution in [0.2, 0.25) is 10.0 Å². The van der Waals surface area contributed by atoms with Crippen LogP contribution in [0.1, 0.15) is 15.9 Å². The second-order valence-electron chi connectivity index (χ2n) is 7.81. The summed E-state index contributed by atoms with van der Waals surface area (Å²) in [5, 5.41) is 10.3. The lowest BCUT2D eigenvalue weighted by molar-refractivity contribution is 0.0600. The van der Waals surface area contributed by atoms with E-state index in [0.29, 0.717) is 21.3 Å². The standard InChI is InChI=1S/C26H18Cl2N4O3/c1-35-25(33)19-4-2-16(3-5-19)15-31-26(34)32-24(30-31)23(18-8-12-21(28)13-9-18)22(14-29-32)17-6-10-20(27)11-7-17/h2-14H,15H2,1H3. The van der Waals surface area contributed by atoms with Gasteiger partial charge < -0.3 is 4.74 Å². The summed E-state index contributed by atoms with van der Waals surface area (Å²) in [5.74, 6) is -0.423. The maximum atomic E-state index is 13.2. The molecule has 7 nitrogen and oxygen atoms in total. The van der Waals surface area contributed by atoms with Gasteiger partial charge in [0.2, 0.25) is 0 Å². The van der Waals surface area contributed by atoms with Crippen molar-refractivity contribution in [1.29, 1.82) is 0 Å². The first-order chi connectivity index (χ1) is 16.9. The van der Waals surface area contributed by atoms with Crippen LogP contribution in [0, 0.1) is 0 Å². The number of benzene rings is 3. The summed E-state index contributed by atoms with van der Waals surface area (Å²) in [6.07, 6.45) is 1.65. The quantitative estimate of drug-likeness (QED) is 0.300. The Bertz CT molecular complexity index is 1590. The smallest absolute Gasteiger partial charge is 0.367 e. The molecule has 9 heteroatoms. The van der Waals surface area contributed by atoms with Gasteiger partial charge in [0, 0.05) is 21.2 Å². The third-order valence-corrected chi connectivity index (χ3v) is 6.11. The first kappa shape index (κ1) is 22.8. The molecule has 0 saturated carbocycles. The second kappa shape index (κ2) is 9.37. The number of rotatable bonds is 5. The summed E-state index contributed by atoms with van der Waals surface area (Å²) in [6, 6.07) is 21.6. The molecule has 0 unspecified atom stereocenters. The van der Waals surface area contributed by atoms with Crippen molar-refractivity contribution in [3.63, 3.8) is 0 Å². The van der Waals surface area contributed by atoms with Gasteiger partial charge in [-0.05, 0) is 53.1 Å². The molecular weight excluding hydrogens is 487 g/mol. The van der Waals surface area contributed by atoms with Gasteiger partial charge in [0.1, 0.15) is 0 Å². The monoisotopic (exact) mass is 504 g/mol. The minimum Gasteiger partial charge on any atom is -0.465 e. The van der Waals surface area contributed by atoms with E-state index in [1.54, 1.807) is 54.7 Å². The SMILES string of the molecule is COC(=O)c1ccc(Cn2nc3c(-c4ccc(Cl)cc4)c(-c4ccc(Cl)cc4)cnn3c2=O)cc1. The van der Waals surface area contributed by atoms with Gasteiger partial charge in [0.15, 0.2) is 5.65 Å². The van der Waals surface area contributed by atoms with Crippen molar-refractivity contribution in [2.24, 2.45) is 0 Å². The third-order valence-electron chi connectivity index (χ3n) is 5.61. The first-order valence-electron chi connectivity index (χ1n) is 10.6. The van der Waals surface area contributed by atoms with Crippen LogP contribution in [0.4, 0.5) is 0 Å². The normalized spacial score (nSPS) is 11.1. The molecule has 0 atom stereocenters. The molecule has 0 amide bonds. The van der Waals surface area contributed by atoms with Gasteiger partial charge in [0.25, 0.3) is 0 Å². The van der Waals surface area contributed by atoms with Crippen molar-refractivity contribution in [3.05, 3.63) is 111 Å². The fourth-order valence-electron chi connectivity index (χ4n) is 3.85. The van der Waals surface area contributed by atoms with Gasteiger partial charge in [-0.25, -0.2) is 14.3 Å².